The number of para-hydroxylation sites is 1. The fraction of sp³-hybridized carbons (Fsp3) is 0.579. The Morgan fingerprint density at radius 3 is 2.48 bits per heavy atom. The van der Waals surface area contributed by atoms with Crippen molar-refractivity contribution in [2.24, 2.45) is 0 Å². The lowest BCUT2D eigenvalue weighted by molar-refractivity contribution is -0.114. The van der Waals surface area contributed by atoms with Crippen molar-refractivity contribution < 1.29 is 14.3 Å². The van der Waals surface area contributed by atoms with Crippen LogP contribution in [0.1, 0.15) is 53.0 Å². The van der Waals surface area contributed by atoms with E-state index in [1.54, 1.807) is 0 Å². The lowest BCUT2D eigenvalue weighted by atomic mass is 10.1. The number of alkyl carbamates (subject to hydrolysis) is 1. The standard InChI is InChI=1S/C19H31N3O3/c1-6-9-16(13-21-18(24)25-19(3,4)5)20-12-15-10-7-8-11-17(15)22-14(2)23/h7-8,10-11,16,20H,6,9,12-13H2,1-5H3,(H,21,24)(H,22,23). The van der Waals surface area contributed by atoms with Crippen molar-refractivity contribution >= 4 is 17.7 Å². The van der Waals surface area contributed by atoms with E-state index in [4.69, 9.17) is 4.74 Å². The molecule has 0 aromatic heterocycles. The van der Waals surface area contributed by atoms with Crippen LogP contribution in [0.2, 0.25) is 0 Å². The number of benzene rings is 1. The largest absolute Gasteiger partial charge is 0.444 e. The van der Waals surface area contributed by atoms with Gasteiger partial charge in [0.15, 0.2) is 0 Å². The Hall–Kier alpha value is -2.08. The topological polar surface area (TPSA) is 79.5 Å². The molecule has 0 spiro atoms. The maximum absolute atomic E-state index is 11.8. The van der Waals surface area contributed by atoms with Gasteiger partial charge in [0.05, 0.1) is 0 Å². The first-order valence-corrected chi connectivity index (χ1v) is 8.77. The van der Waals surface area contributed by atoms with Crippen molar-refractivity contribution in [3.63, 3.8) is 0 Å². The van der Waals surface area contributed by atoms with E-state index < -0.39 is 11.7 Å². The molecule has 2 amide bonds. The van der Waals surface area contributed by atoms with Gasteiger partial charge in [0, 0.05) is 31.7 Å². The van der Waals surface area contributed by atoms with Crippen molar-refractivity contribution in [3.8, 4) is 0 Å². The summed E-state index contributed by atoms with van der Waals surface area (Å²) < 4.78 is 5.27. The molecule has 6 heteroatoms. The van der Waals surface area contributed by atoms with Crippen LogP contribution in [0.15, 0.2) is 24.3 Å². The summed E-state index contributed by atoms with van der Waals surface area (Å²) in [7, 11) is 0. The first-order chi connectivity index (χ1) is 11.7. The number of ether oxygens (including phenoxy) is 1. The second-order valence-electron chi connectivity index (χ2n) is 7.09. The van der Waals surface area contributed by atoms with Crippen molar-refractivity contribution in [1.29, 1.82) is 0 Å². The summed E-state index contributed by atoms with van der Waals surface area (Å²) in [5, 5.41) is 9.10. The molecule has 3 N–H and O–H groups in total. The van der Waals surface area contributed by atoms with Gasteiger partial charge in [-0.3, -0.25) is 4.79 Å². The van der Waals surface area contributed by atoms with Crippen molar-refractivity contribution in [1.82, 2.24) is 10.6 Å². The van der Waals surface area contributed by atoms with Crippen LogP contribution in [0, 0.1) is 0 Å². The van der Waals surface area contributed by atoms with Crippen molar-refractivity contribution in [2.45, 2.75) is 65.6 Å². The molecule has 1 atom stereocenters. The van der Waals surface area contributed by atoms with Gasteiger partial charge in [0.2, 0.25) is 5.91 Å². The highest BCUT2D eigenvalue weighted by molar-refractivity contribution is 5.89. The second-order valence-corrected chi connectivity index (χ2v) is 7.09. The summed E-state index contributed by atoms with van der Waals surface area (Å²) in [6, 6.07) is 7.82. The first kappa shape index (κ1) is 21.0. The molecule has 0 saturated carbocycles. The predicted octanol–water partition coefficient (Wildman–Crippen LogP) is 3.43. The smallest absolute Gasteiger partial charge is 0.407 e. The van der Waals surface area contributed by atoms with Gasteiger partial charge in [-0.15, -0.1) is 0 Å². The monoisotopic (exact) mass is 349 g/mol. The first-order valence-electron chi connectivity index (χ1n) is 8.77. The normalized spacial score (nSPS) is 12.4. The zero-order chi connectivity index (χ0) is 18.9. The Morgan fingerprint density at radius 2 is 1.88 bits per heavy atom. The number of hydrogen-bond donors (Lipinski definition) is 3. The summed E-state index contributed by atoms with van der Waals surface area (Å²) in [6.07, 6.45) is 1.52. The van der Waals surface area contributed by atoms with Crippen molar-refractivity contribution in [3.05, 3.63) is 29.8 Å². The molecule has 0 fully saturated rings. The molecule has 6 nitrogen and oxygen atoms in total. The number of anilines is 1. The SMILES string of the molecule is CCCC(CNC(=O)OC(C)(C)C)NCc1ccccc1NC(C)=O. The van der Waals surface area contributed by atoms with Crippen LogP contribution in [-0.4, -0.2) is 30.2 Å². The van der Waals surface area contributed by atoms with E-state index in [2.05, 4.69) is 22.9 Å². The molecule has 0 heterocycles. The molecule has 0 aliphatic heterocycles. The van der Waals surface area contributed by atoms with Gasteiger partial charge >= 0.3 is 6.09 Å². The Labute approximate surface area is 150 Å². The van der Waals surface area contributed by atoms with Crippen LogP contribution in [0.5, 0.6) is 0 Å². The van der Waals surface area contributed by atoms with Gasteiger partial charge in [0.1, 0.15) is 5.60 Å². The Morgan fingerprint density at radius 1 is 1.20 bits per heavy atom. The minimum absolute atomic E-state index is 0.0934. The number of carbonyl (C=O) groups is 2. The van der Waals surface area contributed by atoms with Crippen LogP contribution in [0.4, 0.5) is 10.5 Å². The van der Waals surface area contributed by atoms with Crippen LogP contribution in [0.3, 0.4) is 0 Å². The molecule has 1 unspecified atom stereocenters. The highest BCUT2D eigenvalue weighted by Crippen LogP contribution is 2.15. The molecule has 140 valence electrons. The molecule has 1 aromatic rings. The van der Waals surface area contributed by atoms with E-state index in [0.717, 1.165) is 24.1 Å². The van der Waals surface area contributed by atoms with Gasteiger partial charge in [-0.05, 0) is 38.8 Å². The quantitative estimate of drug-likeness (QED) is 0.672. The van der Waals surface area contributed by atoms with E-state index >= 15 is 0 Å². The van der Waals surface area contributed by atoms with Crippen LogP contribution < -0.4 is 16.0 Å². The second kappa shape index (κ2) is 10.0. The molecule has 0 bridgehead atoms. The summed E-state index contributed by atoms with van der Waals surface area (Å²) in [6.45, 7) is 10.2. The lowest BCUT2D eigenvalue weighted by Crippen LogP contribution is -2.42. The molecular weight excluding hydrogens is 318 g/mol. The van der Waals surface area contributed by atoms with Gasteiger partial charge < -0.3 is 20.7 Å². The fourth-order valence-corrected chi connectivity index (χ4v) is 2.39. The highest BCUT2D eigenvalue weighted by Gasteiger charge is 2.17. The highest BCUT2D eigenvalue weighted by atomic mass is 16.6. The van der Waals surface area contributed by atoms with Crippen LogP contribution >= 0.6 is 0 Å². The van der Waals surface area contributed by atoms with Crippen molar-refractivity contribution in [2.75, 3.05) is 11.9 Å². The minimum Gasteiger partial charge on any atom is -0.444 e. The van der Waals surface area contributed by atoms with Gasteiger partial charge in [0.25, 0.3) is 0 Å². The lowest BCUT2D eigenvalue weighted by Gasteiger charge is -2.23. The maximum atomic E-state index is 11.8. The van der Waals surface area contributed by atoms with E-state index in [1.165, 1.54) is 6.92 Å². The fourth-order valence-electron chi connectivity index (χ4n) is 2.39. The van der Waals surface area contributed by atoms with Crippen LogP contribution in [-0.2, 0) is 16.1 Å². The summed E-state index contributed by atoms with van der Waals surface area (Å²) >= 11 is 0. The molecule has 1 aromatic carbocycles. The van der Waals surface area contributed by atoms with E-state index in [-0.39, 0.29) is 11.9 Å². The number of nitrogens with one attached hydrogen (secondary N) is 3. The number of hydrogen-bond acceptors (Lipinski definition) is 4. The molecule has 25 heavy (non-hydrogen) atoms. The number of amides is 2. The summed E-state index contributed by atoms with van der Waals surface area (Å²) in [5.41, 5.74) is 1.31. The Balaban J connectivity index is 2.58. The van der Waals surface area contributed by atoms with E-state index in [0.29, 0.717) is 13.1 Å². The molecule has 0 aliphatic carbocycles. The summed E-state index contributed by atoms with van der Waals surface area (Å²) in [4.78, 5) is 23.1. The maximum Gasteiger partial charge on any atom is 0.407 e. The minimum atomic E-state index is -0.505. The number of carbonyl (C=O) groups excluding carboxylic acids is 2. The molecular formula is C19H31N3O3. The van der Waals surface area contributed by atoms with E-state index in [1.807, 2.05) is 45.0 Å². The van der Waals surface area contributed by atoms with Crippen LogP contribution in [0.25, 0.3) is 0 Å². The zero-order valence-electron chi connectivity index (χ0n) is 15.9. The molecule has 0 radical (unpaired) electrons. The van der Waals surface area contributed by atoms with Gasteiger partial charge in [-0.1, -0.05) is 31.5 Å². The number of rotatable bonds is 8. The molecule has 0 saturated heterocycles. The van der Waals surface area contributed by atoms with Gasteiger partial charge in [-0.25, -0.2) is 4.79 Å². The summed E-state index contributed by atoms with van der Waals surface area (Å²) in [5.74, 6) is -0.0934. The molecule has 1 rings (SSSR count). The average Bonchev–Trinajstić information content (AvgIpc) is 2.49. The van der Waals surface area contributed by atoms with E-state index in [9.17, 15) is 9.59 Å². The predicted molar refractivity (Wildman–Crippen MR) is 101 cm³/mol. The third kappa shape index (κ3) is 9.10. The third-order valence-electron chi connectivity index (χ3n) is 3.44. The Bertz CT molecular complexity index is 567. The Kier molecular flexibility index (Phi) is 8.41. The molecule has 0 aliphatic rings. The average molecular weight is 349 g/mol. The third-order valence-corrected chi connectivity index (χ3v) is 3.44. The van der Waals surface area contributed by atoms with Gasteiger partial charge in [-0.2, -0.15) is 0 Å². The zero-order valence-corrected chi connectivity index (χ0v) is 15.9.